The number of carbonyl (C=O) groups is 1. The van der Waals surface area contributed by atoms with Gasteiger partial charge in [0.15, 0.2) is 5.16 Å². The van der Waals surface area contributed by atoms with Gasteiger partial charge in [-0.2, -0.15) is 0 Å². The highest BCUT2D eigenvalue weighted by Gasteiger charge is 2.14. The van der Waals surface area contributed by atoms with Crippen LogP contribution in [0.4, 0.5) is 0 Å². The Balaban J connectivity index is 1.56. The van der Waals surface area contributed by atoms with Gasteiger partial charge in [0.05, 0.1) is 12.9 Å². The topological polar surface area (TPSA) is 69.0 Å². The molecule has 7 heteroatoms. The van der Waals surface area contributed by atoms with E-state index in [2.05, 4.69) is 34.2 Å². The van der Waals surface area contributed by atoms with E-state index >= 15 is 0 Å². The lowest BCUT2D eigenvalue weighted by molar-refractivity contribution is -0.118. The van der Waals surface area contributed by atoms with Crippen molar-refractivity contribution in [2.45, 2.75) is 24.7 Å². The summed E-state index contributed by atoms with van der Waals surface area (Å²) in [4.78, 5) is 12.2. The molecule has 0 saturated carbocycles. The Labute approximate surface area is 175 Å². The van der Waals surface area contributed by atoms with Gasteiger partial charge in [-0.3, -0.25) is 4.79 Å². The zero-order valence-electron chi connectivity index (χ0n) is 16.4. The molecular weight excluding hydrogens is 384 g/mol. The van der Waals surface area contributed by atoms with E-state index in [1.54, 1.807) is 7.11 Å². The number of carbonyl (C=O) groups excluding carboxylic acids is 1. The van der Waals surface area contributed by atoms with Gasteiger partial charge in [-0.05, 0) is 23.3 Å². The first kappa shape index (κ1) is 20.7. The summed E-state index contributed by atoms with van der Waals surface area (Å²) in [5.74, 6) is 1.88. The third kappa shape index (κ3) is 5.96. The lowest BCUT2D eigenvalue weighted by Crippen LogP contribution is -2.24. The summed E-state index contributed by atoms with van der Waals surface area (Å²) in [5.41, 5.74) is 2.18. The Hall–Kier alpha value is -3.06. The van der Waals surface area contributed by atoms with Crippen LogP contribution in [-0.2, 0) is 24.3 Å². The Morgan fingerprint density at radius 3 is 2.59 bits per heavy atom. The molecule has 1 aromatic heterocycles. The number of thioether (sulfide) groups is 1. The smallest absolute Gasteiger partial charge is 0.230 e. The van der Waals surface area contributed by atoms with Gasteiger partial charge in [0.1, 0.15) is 11.6 Å². The minimum absolute atomic E-state index is 0.0522. The second kappa shape index (κ2) is 10.5. The molecular formula is C22H24N4O2S. The van der Waals surface area contributed by atoms with Crippen molar-refractivity contribution < 1.29 is 9.53 Å². The molecule has 1 amide bonds. The van der Waals surface area contributed by atoms with Crippen LogP contribution in [0.5, 0.6) is 5.75 Å². The van der Waals surface area contributed by atoms with E-state index in [-0.39, 0.29) is 11.7 Å². The molecule has 29 heavy (non-hydrogen) atoms. The minimum Gasteiger partial charge on any atom is -0.497 e. The summed E-state index contributed by atoms with van der Waals surface area (Å²) in [6.07, 6.45) is 2.50. The van der Waals surface area contributed by atoms with Crippen LogP contribution in [0, 0.1) is 0 Å². The number of rotatable bonds is 10. The Morgan fingerprint density at radius 1 is 1.14 bits per heavy atom. The van der Waals surface area contributed by atoms with Gasteiger partial charge in [-0.1, -0.05) is 60.3 Å². The average molecular weight is 409 g/mol. The largest absolute Gasteiger partial charge is 0.497 e. The van der Waals surface area contributed by atoms with E-state index < -0.39 is 0 Å². The van der Waals surface area contributed by atoms with Crippen molar-refractivity contribution in [2.24, 2.45) is 0 Å². The van der Waals surface area contributed by atoms with Crippen molar-refractivity contribution >= 4 is 17.7 Å². The standard InChI is InChI=1S/C22H24N4O2S/c1-3-13-26-20(14-17-7-5-4-6-8-17)24-25-22(26)29-16-21(27)23-15-18-9-11-19(28-2)12-10-18/h3-12H,1,13-16H2,2H3,(H,23,27). The molecule has 6 nitrogen and oxygen atoms in total. The van der Waals surface area contributed by atoms with Crippen LogP contribution in [0.3, 0.4) is 0 Å². The van der Waals surface area contributed by atoms with Gasteiger partial charge in [0.25, 0.3) is 0 Å². The highest BCUT2D eigenvalue weighted by molar-refractivity contribution is 7.99. The third-order valence-corrected chi connectivity index (χ3v) is 5.26. The molecule has 1 N–H and O–H groups in total. The first-order chi connectivity index (χ1) is 14.2. The highest BCUT2D eigenvalue weighted by Crippen LogP contribution is 2.19. The fourth-order valence-electron chi connectivity index (χ4n) is 2.77. The molecule has 0 unspecified atom stereocenters. The molecule has 3 rings (SSSR count). The summed E-state index contributed by atoms with van der Waals surface area (Å²) in [5, 5.41) is 12.2. The van der Waals surface area contributed by atoms with E-state index in [0.29, 0.717) is 19.5 Å². The normalized spacial score (nSPS) is 10.5. The molecule has 1 heterocycles. The van der Waals surface area contributed by atoms with Gasteiger partial charge in [-0.15, -0.1) is 16.8 Å². The van der Waals surface area contributed by atoms with Crippen LogP contribution in [0.1, 0.15) is 17.0 Å². The summed E-state index contributed by atoms with van der Waals surface area (Å²) in [7, 11) is 1.63. The number of nitrogens with zero attached hydrogens (tertiary/aromatic N) is 3. The summed E-state index contributed by atoms with van der Waals surface area (Å²) >= 11 is 1.38. The first-order valence-corrected chi connectivity index (χ1v) is 10.3. The van der Waals surface area contributed by atoms with Gasteiger partial charge in [-0.25, -0.2) is 0 Å². The van der Waals surface area contributed by atoms with E-state index in [1.807, 2.05) is 53.1 Å². The summed E-state index contributed by atoms with van der Waals surface area (Å²) < 4.78 is 7.14. The zero-order chi connectivity index (χ0) is 20.5. The van der Waals surface area contributed by atoms with Crippen LogP contribution in [0.2, 0.25) is 0 Å². The molecule has 0 atom stereocenters. The number of amides is 1. The molecule has 3 aromatic rings. The zero-order valence-corrected chi connectivity index (χ0v) is 17.2. The Kier molecular flexibility index (Phi) is 7.47. The Morgan fingerprint density at radius 2 is 1.90 bits per heavy atom. The number of hydrogen-bond acceptors (Lipinski definition) is 5. The predicted octanol–water partition coefficient (Wildman–Crippen LogP) is 3.47. The van der Waals surface area contributed by atoms with E-state index in [9.17, 15) is 4.79 Å². The van der Waals surface area contributed by atoms with Crippen molar-refractivity contribution in [3.05, 3.63) is 84.2 Å². The van der Waals surface area contributed by atoms with Gasteiger partial charge >= 0.3 is 0 Å². The van der Waals surface area contributed by atoms with E-state index in [0.717, 1.165) is 22.3 Å². The lowest BCUT2D eigenvalue weighted by atomic mass is 10.1. The second-order valence-corrected chi connectivity index (χ2v) is 7.32. The maximum absolute atomic E-state index is 12.2. The van der Waals surface area contributed by atoms with Crippen molar-refractivity contribution in [3.63, 3.8) is 0 Å². The fourth-order valence-corrected chi connectivity index (χ4v) is 3.57. The van der Waals surface area contributed by atoms with Crippen LogP contribution in [-0.4, -0.2) is 33.5 Å². The van der Waals surface area contributed by atoms with E-state index in [4.69, 9.17) is 4.74 Å². The van der Waals surface area contributed by atoms with Gasteiger partial charge in [0, 0.05) is 19.5 Å². The lowest BCUT2D eigenvalue weighted by Gasteiger charge is -2.08. The molecule has 0 radical (unpaired) electrons. The van der Waals surface area contributed by atoms with Crippen LogP contribution in [0.25, 0.3) is 0 Å². The van der Waals surface area contributed by atoms with E-state index in [1.165, 1.54) is 17.3 Å². The SMILES string of the molecule is C=CCn1c(Cc2ccccc2)nnc1SCC(=O)NCc1ccc(OC)cc1. The monoisotopic (exact) mass is 408 g/mol. The van der Waals surface area contributed by atoms with Crippen molar-refractivity contribution in [1.29, 1.82) is 0 Å². The maximum atomic E-state index is 12.2. The molecule has 0 spiro atoms. The molecule has 2 aromatic carbocycles. The van der Waals surface area contributed by atoms with Crippen LogP contribution >= 0.6 is 11.8 Å². The molecule has 0 aliphatic carbocycles. The molecule has 150 valence electrons. The quantitative estimate of drug-likeness (QED) is 0.411. The third-order valence-electron chi connectivity index (χ3n) is 4.29. The average Bonchev–Trinajstić information content (AvgIpc) is 3.13. The van der Waals surface area contributed by atoms with Crippen molar-refractivity contribution in [2.75, 3.05) is 12.9 Å². The predicted molar refractivity (Wildman–Crippen MR) is 115 cm³/mol. The van der Waals surface area contributed by atoms with Gasteiger partial charge < -0.3 is 14.6 Å². The second-order valence-electron chi connectivity index (χ2n) is 6.37. The summed E-state index contributed by atoms with van der Waals surface area (Å²) in [6.45, 7) is 4.90. The number of aromatic nitrogens is 3. The molecule has 0 aliphatic rings. The summed E-state index contributed by atoms with van der Waals surface area (Å²) in [6, 6.07) is 17.7. The maximum Gasteiger partial charge on any atom is 0.230 e. The number of allylic oxidation sites excluding steroid dienone is 1. The van der Waals surface area contributed by atoms with Crippen LogP contribution < -0.4 is 10.1 Å². The number of methoxy groups -OCH3 is 1. The first-order valence-electron chi connectivity index (χ1n) is 9.29. The van der Waals surface area contributed by atoms with Gasteiger partial charge in [0.2, 0.25) is 5.91 Å². The molecule has 0 bridgehead atoms. The van der Waals surface area contributed by atoms with Crippen molar-refractivity contribution in [3.8, 4) is 5.75 Å². The number of hydrogen-bond donors (Lipinski definition) is 1. The molecule has 0 fully saturated rings. The molecule has 0 saturated heterocycles. The molecule has 0 aliphatic heterocycles. The highest BCUT2D eigenvalue weighted by atomic mass is 32.2. The van der Waals surface area contributed by atoms with Crippen molar-refractivity contribution in [1.82, 2.24) is 20.1 Å². The fraction of sp³-hybridized carbons (Fsp3) is 0.227. The number of nitrogens with one attached hydrogen (secondary N) is 1. The number of ether oxygens (including phenoxy) is 1. The number of benzene rings is 2. The Bertz CT molecular complexity index is 939. The van der Waals surface area contributed by atoms with Crippen LogP contribution in [0.15, 0.2) is 72.4 Å². The minimum atomic E-state index is -0.0522.